The molecule has 0 aliphatic heterocycles. The molecule has 0 amide bonds. The highest BCUT2D eigenvalue weighted by Crippen LogP contribution is 2.38. The van der Waals surface area contributed by atoms with Crippen molar-refractivity contribution >= 4 is 11.5 Å². The van der Waals surface area contributed by atoms with Crippen molar-refractivity contribution in [2.24, 2.45) is 5.73 Å². The van der Waals surface area contributed by atoms with Crippen molar-refractivity contribution in [3.63, 3.8) is 0 Å². The Labute approximate surface area is 111 Å². The van der Waals surface area contributed by atoms with Crippen LogP contribution in [-0.2, 0) is 0 Å². The second-order valence-corrected chi connectivity index (χ2v) is 4.80. The van der Waals surface area contributed by atoms with Crippen LogP contribution in [0.4, 0.5) is 11.5 Å². The smallest absolute Gasteiger partial charge is 0.130 e. The fraction of sp³-hybridized carbons (Fsp3) is 0.200. The molecule has 0 spiro atoms. The van der Waals surface area contributed by atoms with Gasteiger partial charge in [0, 0.05) is 23.8 Å². The van der Waals surface area contributed by atoms with Crippen LogP contribution in [0.1, 0.15) is 23.5 Å². The number of rotatable bonds is 3. The zero-order chi connectivity index (χ0) is 13.2. The summed E-state index contributed by atoms with van der Waals surface area (Å²) in [4.78, 5) is 4.38. The minimum Gasteiger partial charge on any atom is -0.340 e. The van der Waals surface area contributed by atoms with E-state index >= 15 is 0 Å². The van der Waals surface area contributed by atoms with Gasteiger partial charge >= 0.3 is 0 Å². The zero-order valence-electron chi connectivity index (χ0n) is 10.4. The summed E-state index contributed by atoms with van der Waals surface area (Å²) in [6.45, 7) is 0. The van der Waals surface area contributed by atoms with E-state index in [1.165, 1.54) is 5.56 Å². The molecule has 3 N–H and O–H groups in total. The average Bonchev–Trinajstić information content (AvgIpc) is 3.17. The number of nitriles is 1. The summed E-state index contributed by atoms with van der Waals surface area (Å²) in [5.41, 5.74) is 8.51. The van der Waals surface area contributed by atoms with Gasteiger partial charge in [-0.15, -0.1) is 0 Å². The molecule has 1 aromatic heterocycles. The van der Waals surface area contributed by atoms with E-state index < -0.39 is 0 Å². The van der Waals surface area contributed by atoms with E-state index in [-0.39, 0.29) is 0 Å². The number of aromatic nitrogens is 1. The fourth-order valence-electron chi connectivity index (χ4n) is 2.11. The number of nitrogens with zero attached hydrogens (tertiary/aromatic N) is 2. The van der Waals surface area contributed by atoms with Crippen LogP contribution in [0.2, 0.25) is 0 Å². The van der Waals surface area contributed by atoms with Gasteiger partial charge in [-0.05, 0) is 36.2 Å². The predicted molar refractivity (Wildman–Crippen MR) is 74.0 cm³/mol. The Bertz CT molecular complexity index is 627. The first-order valence-corrected chi connectivity index (χ1v) is 6.25. The number of nitrogens with two attached hydrogens (primary N) is 1. The summed E-state index contributed by atoms with van der Waals surface area (Å²) in [5, 5.41) is 12.0. The molecule has 0 saturated heterocycles. The SMILES string of the molecule is N#Cc1cccc(Nc2ccc([C@@H]3C[C@H]3N)cn2)c1. The molecular formula is C15H14N4. The van der Waals surface area contributed by atoms with Crippen LogP contribution in [0.25, 0.3) is 0 Å². The van der Waals surface area contributed by atoms with E-state index in [4.69, 9.17) is 11.0 Å². The maximum atomic E-state index is 8.85. The molecule has 1 heterocycles. The van der Waals surface area contributed by atoms with Gasteiger partial charge in [0.25, 0.3) is 0 Å². The maximum Gasteiger partial charge on any atom is 0.130 e. The van der Waals surface area contributed by atoms with Crippen molar-refractivity contribution in [2.75, 3.05) is 5.32 Å². The first kappa shape index (κ1) is 11.7. The van der Waals surface area contributed by atoms with E-state index in [1.54, 1.807) is 12.1 Å². The molecule has 4 heteroatoms. The highest BCUT2D eigenvalue weighted by Gasteiger charge is 2.34. The summed E-state index contributed by atoms with van der Waals surface area (Å²) in [7, 11) is 0. The van der Waals surface area contributed by atoms with E-state index in [1.807, 2.05) is 24.4 Å². The molecule has 2 atom stereocenters. The van der Waals surface area contributed by atoms with E-state index in [2.05, 4.69) is 22.4 Å². The maximum absolute atomic E-state index is 8.85. The van der Waals surface area contributed by atoms with Gasteiger partial charge in [0.15, 0.2) is 0 Å². The summed E-state index contributed by atoms with van der Waals surface area (Å²) >= 11 is 0. The van der Waals surface area contributed by atoms with Gasteiger partial charge in [0.1, 0.15) is 5.82 Å². The lowest BCUT2D eigenvalue weighted by molar-refractivity contribution is 0.981. The Balaban J connectivity index is 1.74. The summed E-state index contributed by atoms with van der Waals surface area (Å²) in [6, 6.07) is 13.7. The van der Waals surface area contributed by atoms with E-state index in [0.29, 0.717) is 17.5 Å². The lowest BCUT2D eigenvalue weighted by Gasteiger charge is -2.06. The normalized spacial score (nSPS) is 20.6. The Morgan fingerprint density at radius 1 is 1.32 bits per heavy atom. The standard InChI is InChI=1S/C15H14N4/c16-8-10-2-1-3-12(6-10)19-15-5-4-11(9-18-15)13-7-14(13)17/h1-6,9,13-14H,7,17H2,(H,18,19)/t13-,14+/m0/s1. The van der Waals surface area contributed by atoms with Crippen LogP contribution in [0.3, 0.4) is 0 Å². The van der Waals surface area contributed by atoms with Gasteiger partial charge < -0.3 is 11.1 Å². The van der Waals surface area contributed by atoms with Crippen LogP contribution in [0.5, 0.6) is 0 Å². The third-order valence-electron chi connectivity index (χ3n) is 3.32. The third-order valence-corrected chi connectivity index (χ3v) is 3.32. The molecule has 1 aliphatic carbocycles. The quantitative estimate of drug-likeness (QED) is 0.877. The number of pyridine rings is 1. The van der Waals surface area contributed by atoms with Crippen LogP contribution >= 0.6 is 0 Å². The minimum absolute atomic E-state index is 0.299. The molecule has 1 fully saturated rings. The molecule has 19 heavy (non-hydrogen) atoms. The molecule has 0 radical (unpaired) electrons. The van der Waals surface area contributed by atoms with Crippen molar-refractivity contribution in [1.82, 2.24) is 4.98 Å². The summed E-state index contributed by atoms with van der Waals surface area (Å²) in [6.07, 6.45) is 2.92. The topological polar surface area (TPSA) is 74.7 Å². The highest BCUT2D eigenvalue weighted by molar-refractivity contribution is 5.58. The molecule has 0 unspecified atom stereocenters. The summed E-state index contributed by atoms with van der Waals surface area (Å²) in [5.74, 6) is 1.25. The van der Waals surface area contributed by atoms with Gasteiger partial charge in [0.2, 0.25) is 0 Å². The minimum atomic E-state index is 0.299. The molecule has 94 valence electrons. The second kappa shape index (κ2) is 4.71. The number of hydrogen-bond donors (Lipinski definition) is 2. The molecular weight excluding hydrogens is 236 g/mol. The third kappa shape index (κ3) is 2.56. The Hall–Kier alpha value is -2.38. The molecule has 4 nitrogen and oxygen atoms in total. The van der Waals surface area contributed by atoms with Crippen molar-refractivity contribution in [3.05, 3.63) is 53.7 Å². The van der Waals surface area contributed by atoms with Crippen LogP contribution in [0.15, 0.2) is 42.6 Å². The van der Waals surface area contributed by atoms with Crippen LogP contribution in [-0.4, -0.2) is 11.0 Å². The van der Waals surface area contributed by atoms with Crippen LogP contribution in [0, 0.1) is 11.3 Å². The van der Waals surface area contributed by atoms with Gasteiger partial charge in [-0.3, -0.25) is 0 Å². The number of anilines is 2. The van der Waals surface area contributed by atoms with Crippen molar-refractivity contribution < 1.29 is 0 Å². The Kier molecular flexibility index (Phi) is 2.90. The van der Waals surface area contributed by atoms with Gasteiger partial charge in [-0.2, -0.15) is 5.26 Å². The molecule has 1 aromatic carbocycles. The lowest BCUT2D eigenvalue weighted by atomic mass is 10.2. The van der Waals surface area contributed by atoms with Crippen molar-refractivity contribution in [2.45, 2.75) is 18.4 Å². The largest absolute Gasteiger partial charge is 0.340 e. The summed E-state index contributed by atoms with van der Waals surface area (Å²) < 4.78 is 0. The molecule has 3 rings (SSSR count). The fourth-order valence-corrected chi connectivity index (χ4v) is 2.11. The molecule has 2 aromatic rings. The lowest BCUT2D eigenvalue weighted by Crippen LogP contribution is -2.01. The first-order chi connectivity index (χ1) is 9.26. The van der Waals surface area contributed by atoms with Gasteiger partial charge in [-0.1, -0.05) is 12.1 Å². The average molecular weight is 250 g/mol. The Morgan fingerprint density at radius 2 is 2.16 bits per heavy atom. The van der Waals surface area contributed by atoms with Gasteiger partial charge in [0.05, 0.1) is 11.6 Å². The number of nitrogens with one attached hydrogen (secondary N) is 1. The van der Waals surface area contributed by atoms with E-state index in [9.17, 15) is 0 Å². The first-order valence-electron chi connectivity index (χ1n) is 6.25. The van der Waals surface area contributed by atoms with Crippen LogP contribution < -0.4 is 11.1 Å². The monoisotopic (exact) mass is 250 g/mol. The van der Waals surface area contributed by atoms with Gasteiger partial charge in [-0.25, -0.2) is 4.98 Å². The number of benzene rings is 1. The molecule has 0 bridgehead atoms. The zero-order valence-corrected chi connectivity index (χ0v) is 10.4. The Morgan fingerprint density at radius 3 is 2.79 bits per heavy atom. The highest BCUT2D eigenvalue weighted by atomic mass is 15.0. The predicted octanol–water partition coefficient (Wildman–Crippen LogP) is 2.51. The molecule has 1 saturated carbocycles. The van der Waals surface area contributed by atoms with Crippen molar-refractivity contribution in [1.29, 1.82) is 5.26 Å². The van der Waals surface area contributed by atoms with Crippen molar-refractivity contribution in [3.8, 4) is 6.07 Å². The second-order valence-electron chi connectivity index (χ2n) is 4.80. The number of hydrogen-bond acceptors (Lipinski definition) is 4. The molecule has 1 aliphatic rings. The van der Waals surface area contributed by atoms with E-state index in [0.717, 1.165) is 17.9 Å².